The molecule has 0 fully saturated rings. The highest BCUT2D eigenvalue weighted by molar-refractivity contribution is 5.31. The third-order valence-electron chi connectivity index (χ3n) is 2.43. The highest BCUT2D eigenvalue weighted by atomic mass is 16.5. The lowest BCUT2D eigenvalue weighted by atomic mass is 9.76. The molecule has 0 N–H and O–H groups in total. The van der Waals surface area contributed by atoms with E-state index in [1.165, 1.54) is 11.1 Å². The zero-order valence-electron chi connectivity index (χ0n) is 9.12. The SMILES string of the molecule is CC1=C(C(C)(C)C)C(C)(C)OC1. The predicted octanol–water partition coefficient (Wildman–Crippen LogP) is 3.16. The predicted molar refractivity (Wildman–Crippen MR) is 52.2 cm³/mol. The van der Waals surface area contributed by atoms with Crippen molar-refractivity contribution in [2.24, 2.45) is 5.41 Å². The topological polar surface area (TPSA) is 9.23 Å². The van der Waals surface area contributed by atoms with E-state index in [9.17, 15) is 0 Å². The van der Waals surface area contributed by atoms with Gasteiger partial charge in [0.25, 0.3) is 0 Å². The van der Waals surface area contributed by atoms with Crippen molar-refractivity contribution in [3.05, 3.63) is 11.1 Å². The van der Waals surface area contributed by atoms with Gasteiger partial charge in [-0.25, -0.2) is 0 Å². The second-order valence-electron chi connectivity index (χ2n) is 5.20. The van der Waals surface area contributed by atoms with Gasteiger partial charge in [0, 0.05) is 0 Å². The third kappa shape index (κ3) is 1.56. The van der Waals surface area contributed by atoms with Gasteiger partial charge in [0.1, 0.15) is 0 Å². The molecular formula is C11H20O. The smallest absolute Gasteiger partial charge is 0.0848 e. The van der Waals surface area contributed by atoms with Gasteiger partial charge in [-0.3, -0.25) is 0 Å². The Morgan fingerprint density at radius 3 is 1.92 bits per heavy atom. The van der Waals surface area contributed by atoms with Crippen LogP contribution in [0.25, 0.3) is 0 Å². The molecule has 0 aromatic heterocycles. The molecule has 12 heavy (non-hydrogen) atoms. The van der Waals surface area contributed by atoms with Gasteiger partial charge in [-0.2, -0.15) is 0 Å². The molecule has 0 unspecified atom stereocenters. The Morgan fingerprint density at radius 2 is 1.75 bits per heavy atom. The van der Waals surface area contributed by atoms with Crippen LogP contribution < -0.4 is 0 Å². The molecule has 1 aliphatic heterocycles. The molecule has 0 bridgehead atoms. The van der Waals surface area contributed by atoms with Crippen LogP contribution in [0.3, 0.4) is 0 Å². The first kappa shape index (κ1) is 9.79. The normalized spacial score (nSPS) is 23.5. The van der Waals surface area contributed by atoms with Crippen molar-refractivity contribution in [1.29, 1.82) is 0 Å². The fourth-order valence-corrected chi connectivity index (χ4v) is 2.49. The third-order valence-corrected chi connectivity index (χ3v) is 2.43. The summed E-state index contributed by atoms with van der Waals surface area (Å²) in [5.41, 5.74) is 3.06. The summed E-state index contributed by atoms with van der Waals surface area (Å²) in [6, 6.07) is 0. The van der Waals surface area contributed by atoms with Crippen LogP contribution in [0.4, 0.5) is 0 Å². The van der Waals surface area contributed by atoms with Crippen LogP contribution in [-0.4, -0.2) is 12.2 Å². The summed E-state index contributed by atoms with van der Waals surface area (Å²) in [6.45, 7) is 14.1. The van der Waals surface area contributed by atoms with E-state index < -0.39 is 0 Å². The van der Waals surface area contributed by atoms with Gasteiger partial charge in [0.05, 0.1) is 12.2 Å². The highest BCUT2D eigenvalue weighted by Gasteiger charge is 2.38. The highest BCUT2D eigenvalue weighted by Crippen LogP contribution is 2.42. The van der Waals surface area contributed by atoms with Crippen LogP contribution in [-0.2, 0) is 4.74 Å². The summed E-state index contributed by atoms with van der Waals surface area (Å²) in [4.78, 5) is 0. The van der Waals surface area contributed by atoms with Crippen molar-refractivity contribution >= 4 is 0 Å². The van der Waals surface area contributed by atoms with Crippen LogP contribution >= 0.6 is 0 Å². The molecule has 1 heterocycles. The Balaban J connectivity index is 3.08. The molecule has 1 aliphatic rings. The second kappa shape index (κ2) is 2.59. The lowest BCUT2D eigenvalue weighted by Crippen LogP contribution is -2.29. The number of hydrogen-bond donors (Lipinski definition) is 0. The van der Waals surface area contributed by atoms with Crippen molar-refractivity contribution in [2.75, 3.05) is 6.61 Å². The molecule has 0 amide bonds. The molecule has 0 aromatic rings. The van der Waals surface area contributed by atoms with E-state index in [0.29, 0.717) is 0 Å². The van der Waals surface area contributed by atoms with E-state index in [-0.39, 0.29) is 11.0 Å². The summed E-state index contributed by atoms with van der Waals surface area (Å²) >= 11 is 0. The van der Waals surface area contributed by atoms with Crippen molar-refractivity contribution in [1.82, 2.24) is 0 Å². The molecule has 1 rings (SSSR count). The number of ether oxygens (including phenoxy) is 1. The van der Waals surface area contributed by atoms with E-state index in [2.05, 4.69) is 41.5 Å². The first-order chi connectivity index (χ1) is 5.25. The van der Waals surface area contributed by atoms with E-state index in [0.717, 1.165) is 6.61 Å². The first-order valence-corrected chi connectivity index (χ1v) is 4.60. The standard InChI is InChI=1S/C11H20O/c1-8-7-12-11(5,6)9(8)10(2,3)4/h7H2,1-6H3. The molecule has 0 atom stereocenters. The van der Waals surface area contributed by atoms with Crippen LogP contribution in [0.5, 0.6) is 0 Å². The van der Waals surface area contributed by atoms with E-state index in [1.54, 1.807) is 0 Å². The maximum Gasteiger partial charge on any atom is 0.0848 e. The Hall–Kier alpha value is -0.300. The lowest BCUT2D eigenvalue weighted by Gasteiger charge is -2.32. The molecule has 0 saturated carbocycles. The van der Waals surface area contributed by atoms with Crippen LogP contribution in [0, 0.1) is 5.41 Å². The molecule has 0 aliphatic carbocycles. The van der Waals surface area contributed by atoms with Crippen molar-refractivity contribution in [3.63, 3.8) is 0 Å². The van der Waals surface area contributed by atoms with Crippen LogP contribution in [0.1, 0.15) is 41.5 Å². The molecule has 70 valence electrons. The minimum Gasteiger partial charge on any atom is -0.367 e. The lowest BCUT2D eigenvalue weighted by molar-refractivity contribution is 0.0380. The number of hydrogen-bond acceptors (Lipinski definition) is 1. The molecule has 1 heteroatoms. The fourth-order valence-electron chi connectivity index (χ4n) is 2.49. The summed E-state index contributed by atoms with van der Waals surface area (Å²) in [5, 5.41) is 0. The molecule has 0 saturated heterocycles. The zero-order chi connectivity index (χ0) is 9.57. The van der Waals surface area contributed by atoms with Crippen LogP contribution in [0.15, 0.2) is 11.1 Å². The van der Waals surface area contributed by atoms with Crippen molar-refractivity contribution < 1.29 is 4.74 Å². The molecular weight excluding hydrogens is 148 g/mol. The molecule has 0 spiro atoms. The first-order valence-electron chi connectivity index (χ1n) is 4.60. The van der Waals surface area contributed by atoms with E-state index in [1.807, 2.05) is 0 Å². The average Bonchev–Trinajstić information content (AvgIpc) is 2.03. The van der Waals surface area contributed by atoms with Crippen molar-refractivity contribution in [2.45, 2.75) is 47.1 Å². The van der Waals surface area contributed by atoms with Gasteiger partial charge in [0.15, 0.2) is 0 Å². The quantitative estimate of drug-likeness (QED) is 0.505. The second-order valence-corrected chi connectivity index (χ2v) is 5.20. The minimum absolute atomic E-state index is 0.0532. The molecule has 0 aromatic carbocycles. The van der Waals surface area contributed by atoms with Gasteiger partial charge in [-0.05, 0) is 37.3 Å². The Kier molecular flexibility index (Phi) is 2.12. The maximum atomic E-state index is 5.72. The van der Waals surface area contributed by atoms with Crippen molar-refractivity contribution in [3.8, 4) is 0 Å². The van der Waals surface area contributed by atoms with E-state index in [4.69, 9.17) is 4.74 Å². The van der Waals surface area contributed by atoms with Gasteiger partial charge in [-0.15, -0.1) is 0 Å². The van der Waals surface area contributed by atoms with Crippen LogP contribution in [0.2, 0.25) is 0 Å². The van der Waals surface area contributed by atoms with Gasteiger partial charge in [-0.1, -0.05) is 20.8 Å². The Bertz CT molecular complexity index is 216. The molecule has 0 radical (unpaired) electrons. The Labute approximate surface area is 75.8 Å². The maximum absolute atomic E-state index is 5.72. The zero-order valence-corrected chi connectivity index (χ0v) is 9.12. The number of rotatable bonds is 0. The van der Waals surface area contributed by atoms with Gasteiger partial charge in [0.2, 0.25) is 0 Å². The molecule has 1 nitrogen and oxygen atoms in total. The largest absolute Gasteiger partial charge is 0.367 e. The van der Waals surface area contributed by atoms with E-state index >= 15 is 0 Å². The minimum atomic E-state index is -0.0532. The average molecular weight is 168 g/mol. The summed E-state index contributed by atoms with van der Waals surface area (Å²) in [7, 11) is 0. The Morgan fingerprint density at radius 1 is 1.25 bits per heavy atom. The summed E-state index contributed by atoms with van der Waals surface area (Å²) in [5.74, 6) is 0. The monoisotopic (exact) mass is 168 g/mol. The summed E-state index contributed by atoms with van der Waals surface area (Å²) in [6.07, 6.45) is 0. The van der Waals surface area contributed by atoms with Gasteiger partial charge < -0.3 is 4.74 Å². The summed E-state index contributed by atoms with van der Waals surface area (Å²) < 4.78 is 5.72. The fraction of sp³-hybridized carbons (Fsp3) is 0.818. The van der Waals surface area contributed by atoms with Gasteiger partial charge >= 0.3 is 0 Å².